The molecule has 0 unspecified atom stereocenters. The van der Waals surface area contributed by atoms with E-state index >= 15 is 0 Å². The van der Waals surface area contributed by atoms with Crippen molar-refractivity contribution in [1.82, 2.24) is 0 Å². The summed E-state index contributed by atoms with van der Waals surface area (Å²) in [6.07, 6.45) is 10.1. The van der Waals surface area contributed by atoms with Crippen molar-refractivity contribution in [1.29, 1.82) is 0 Å². The zero-order valence-corrected chi connectivity index (χ0v) is 19.0. The van der Waals surface area contributed by atoms with Crippen LogP contribution in [0, 0.1) is 19.8 Å². The van der Waals surface area contributed by atoms with E-state index in [2.05, 4.69) is 82.2 Å². The molecule has 0 fully saturated rings. The fourth-order valence-corrected chi connectivity index (χ4v) is 3.97. The molecule has 0 nitrogen and oxygen atoms in total. The molecule has 0 N–H and O–H groups in total. The van der Waals surface area contributed by atoms with E-state index < -0.39 is 20.9 Å². The minimum atomic E-state index is -0.570. The zero-order valence-electron chi connectivity index (χ0n) is 16.7. The maximum atomic E-state index is 3.30. The van der Waals surface area contributed by atoms with Gasteiger partial charge in [0.05, 0.1) is 0 Å². The Morgan fingerprint density at radius 3 is 1.37 bits per heavy atom. The fraction of sp³-hybridized carbons (Fsp3) is 0.385. The van der Waals surface area contributed by atoms with Crippen LogP contribution < -0.4 is 0 Å². The molecule has 2 aromatic rings. The van der Waals surface area contributed by atoms with Crippen LogP contribution in [-0.2, 0) is 12.8 Å². The molecule has 0 aliphatic carbocycles. The van der Waals surface area contributed by atoms with E-state index in [0.29, 0.717) is 0 Å². The van der Waals surface area contributed by atoms with Crippen molar-refractivity contribution >= 4 is 20.9 Å². The summed E-state index contributed by atoms with van der Waals surface area (Å²) in [5.74, 6) is 6.54. The van der Waals surface area contributed by atoms with Crippen molar-refractivity contribution in [2.75, 3.05) is 0 Å². The summed E-state index contributed by atoms with van der Waals surface area (Å²) in [5, 5.41) is 0. The Kier molecular flexibility index (Phi) is 10.8. The molecule has 2 rings (SSSR count). The second-order valence-corrected chi connectivity index (χ2v) is 8.61. The van der Waals surface area contributed by atoms with Crippen LogP contribution in [0.1, 0.15) is 74.6 Å². The first-order chi connectivity index (χ1) is 13.3. The Labute approximate surface area is 176 Å². The molecule has 27 heavy (non-hydrogen) atoms. The molecule has 2 aromatic carbocycles. The number of rotatable bonds is 8. The number of benzene rings is 2. The average Bonchev–Trinajstić information content (AvgIpc) is 2.70. The van der Waals surface area contributed by atoms with Gasteiger partial charge in [-0.3, -0.25) is 0 Å². The van der Waals surface area contributed by atoms with E-state index in [1.165, 1.54) is 62.5 Å². The maximum absolute atomic E-state index is 3.30. The Hall–Kier alpha value is -1.65. The molecular weight excluding hydrogens is 440 g/mol. The predicted octanol–water partition coefficient (Wildman–Crippen LogP) is 6.17. The summed E-state index contributed by atoms with van der Waals surface area (Å²) in [7, 11) is 0. The van der Waals surface area contributed by atoms with Gasteiger partial charge >= 0.3 is 177 Å². The molecule has 0 radical (unpaired) electrons. The molecule has 1 heteroatoms. The number of hydrogen-bond donors (Lipinski definition) is 0. The molecule has 0 atom stereocenters. The van der Waals surface area contributed by atoms with E-state index in [4.69, 9.17) is 0 Å². The first-order valence-electron chi connectivity index (χ1n) is 10.2. The van der Waals surface area contributed by atoms with E-state index in [9.17, 15) is 0 Å². The standard InChI is InChI=1S/C26H30Te/c1-3-5-7-9-23-11-15-25(16-12-23)19-21-27-22-20-26-17-13-24(14-18-26)10-8-6-4-2/h11-18H,3-10H2,1-2H3. The van der Waals surface area contributed by atoms with Crippen LogP contribution in [0.15, 0.2) is 48.5 Å². The average molecular weight is 470 g/mol. The third-order valence-electron chi connectivity index (χ3n) is 4.54. The first kappa shape index (κ1) is 21.6. The Bertz CT molecular complexity index is 707. The van der Waals surface area contributed by atoms with Crippen LogP contribution in [0.5, 0.6) is 0 Å². The summed E-state index contributed by atoms with van der Waals surface area (Å²) in [4.78, 5) is 0. The summed E-state index contributed by atoms with van der Waals surface area (Å²) in [6, 6.07) is 17.4. The van der Waals surface area contributed by atoms with Gasteiger partial charge in [-0.05, 0) is 0 Å². The van der Waals surface area contributed by atoms with E-state index in [1.54, 1.807) is 0 Å². The van der Waals surface area contributed by atoms with Crippen LogP contribution in [0.4, 0.5) is 0 Å². The third kappa shape index (κ3) is 9.21. The van der Waals surface area contributed by atoms with E-state index in [-0.39, 0.29) is 0 Å². The summed E-state index contributed by atoms with van der Waals surface area (Å²) < 4.78 is 6.59. The Balaban J connectivity index is 1.78. The molecule has 140 valence electrons. The van der Waals surface area contributed by atoms with Gasteiger partial charge in [0.1, 0.15) is 0 Å². The molecule has 0 heterocycles. The van der Waals surface area contributed by atoms with Gasteiger partial charge in [-0.1, -0.05) is 0 Å². The van der Waals surface area contributed by atoms with Crippen LogP contribution >= 0.6 is 0 Å². The van der Waals surface area contributed by atoms with Crippen LogP contribution in [0.2, 0.25) is 0 Å². The second-order valence-electron chi connectivity index (χ2n) is 6.86. The van der Waals surface area contributed by atoms with E-state index in [0.717, 1.165) is 11.1 Å². The predicted molar refractivity (Wildman–Crippen MR) is 119 cm³/mol. The molecule has 0 aromatic heterocycles. The second kappa shape index (κ2) is 13.5. The van der Waals surface area contributed by atoms with Gasteiger partial charge in [-0.2, -0.15) is 0 Å². The Morgan fingerprint density at radius 2 is 1.00 bits per heavy atom. The molecule has 0 bridgehead atoms. The minimum absolute atomic E-state index is 0.570. The van der Waals surface area contributed by atoms with Crippen molar-refractivity contribution in [3.8, 4) is 19.8 Å². The fourth-order valence-electron chi connectivity index (χ4n) is 2.86. The first-order valence-corrected chi connectivity index (χ1v) is 12.5. The normalized spacial score (nSPS) is 9.85. The monoisotopic (exact) mass is 472 g/mol. The number of unbranched alkanes of at least 4 members (excludes halogenated alkanes) is 4. The molecule has 0 saturated carbocycles. The molecule has 0 saturated heterocycles. The molecule has 0 amide bonds. The van der Waals surface area contributed by atoms with Crippen LogP contribution in [0.25, 0.3) is 0 Å². The van der Waals surface area contributed by atoms with Gasteiger partial charge in [-0.25, -0.2) is 0 Å². The molecule has 0 spiro atoms. The van der Waals surface area contributed by atoms with Crippen LogP contribution in [0.3, 0.4) is 0 Å². The zero-order chi connectivity index (χ0) is 19.2. The third-order valence-corrected chi connectivity index (χ3v) is 5.70. The molecule has 0 aliphatic rings. The quantitative estimate of drug-likeness (QED) is 0.246. The van der Waals surface area contributed by atoms with Gasteiger partial charge in [0.25, 0.3) is 0 Å². The van der Waals surface area contributed by atoms with E-state index in [1.807, 2.05) is 0 Å². The number of hydrogen-bond acceptors (Lipinski definition) is 0. The van der Waals surface area contributed by atoms with Gasteiger partial charge in [0, 0.05) is 0 Å². The van der Waals surface area contributed by atoms with Crippen molar-refractivity contribution < 1.29 is 0 Å². The van der Waals surface area contributed by atoms with Gasteiger partial charge in [0.15, 0.2) is 0 Å². The van der Waals surface area contributed by atoms with Crippen molar-refractivity contribution in [3.05, 3.63) is 70.8 Å². The topological polar surface area (TPSA) is 0 Å². The van der Waals surface area contributed by atoms with Crippen molar-refractivity contribution in [3.63, 3.8) is 0 Å². The van der Waals surface area contributed by atoms with Gasteiger partial charge < -0.3 is 0 Å². The van der Waals surface area contributed by atoms with Gasteiger partial charge in [-0.15, -0.1) is 0 Å². The number of aryl methyl sites for hydroxylation is 2. The molecular formula is C26H30Te. The summed E-state index contributed by atoms with van der Waals surface area (Å²) in [5.41, 5.74) is 5.06. The van der Waals surface area contributed by atoms with Crippen molar-refractivity contribution in [2.45, 2.75) is 65.2 Å². The van der Waals surface area contributed by atoms with Gasteiger partial charge in [0.2, 0.25) is 0 Å². The van der Waals surface area contributed by atoms with Crippen LogP contribution in [-0.4, -0.2) is 20.9 Å². The molecule has 0 aliphatic heterocycles. The summed E-state index contributed by atoms with van der Waals surface area (Å²) >= 11 is -0.570. The summed E-state index contributed by atoms with van der Waals surface area (Å²) in [6.45, 7) is 4.49. The van der Waals surface area contributed by atoms with Crippen molar-refractivity contribution in [2.24, 2.45) is 0 Å². The SMILES string of the molecule is CCCCCc1ccc(C#C[Te]C#Cc2ccc(CCCCC)cc2)cc1. The Morgan fingerprint density at radius 1 is 0.593 bits per heavy atom.